The Morgan fingerprint density at radius 1 is 0.878 bits per heavy atom. The van der Waals surface area contributed by atoms with E-state index in [4.69, 9.17) is 18.9 Å². The van der Waals surface area contributed by atoms with E-state index >= 15 is 0 Å². The average molecular weight is 560 g/mol. The van der Waals surface area contributed by atoms with Gasteiger partial charge in [0.05, 0.1) is 32.8 Å². The maximum Gasteiger partial charge on any atom is 0.508 e. The lowest BCUT2D eigenvalue weighted by Gasteiger charge is -2.53. The molecule has 0 spiro atoms. The summed E-state index contributed by atoms with van der Waals surface area (Å²) >= 11 is 0. The van der Waals surface area contributed by atoms with Crippen molar-refractivity contribution in [2.24, 2.45) is 5.92 Å². The molecule has 0 saturated carbocycles. The van der Waals surface area contributed by atoms with E-state index in [0.717, 1.165) is 28.2 Å². The number of carbonyl (C=O) groups is 2. The Bertz CT molecular complexity index is 1260. The number of hydrogen-bond acceptors (Lipinski definition) is 7. The second kappa shape index (κ2) is 13.9. The third-order valence-corrected chi connectivity index (χ3v) is 7.44. The predicted molar refractivity (Wildman–Crippen MR) is 155 cm³/mol. The van der Waals surface area contributed by atoms with Gasteiger partial charge in [-0.15, -0.1) is 0 Å². The largest absolute Gasteiger partial charge is 0.508 e. The van der Waals surface area contributed by atoms with Crippen LogP contribution in [0.1, 0.15) is 23.6 Å². The number of aliphatic hydroxyl groups is 1. The highest BCUT2D eigenvalue weighted by molar-refractivity contribution is 5.88. The third-order valence-electron chi connectivity index (χ3n) is 7.44. The van der Waals surface area contributed by atoms with Gasteiger partial charge in [-0.05, 0) is 66.3 Å². The molecule has 1 saturated heterocycles. The molecule has 0 aromatic heterocycles. The van der Waals surface area contributed by atoms with Gasteiger partial charge >= 0.3 is 6.16 Å². The fourth-order valence-corrected chi connectivity index (χ4v) is 5.26. The van der Waals surface area contributed by atoms with Crippen LogP contribution in [0.25, 0.3) is 0 Å². The van der Waals surface area contributed by atoms with Crippen molar-refractivity contribution >= 4 is 12.1 Å². The van der Waals surface area contributed by atoms with Gasteiger partial charge in [0.1, 0.15) is 24.2 Å². The van der Waals surface area contributed by atoms with E-state index in [1.54, 1.807) is 26.0 Å². The zero-order chi connectivity index (χ0) is 29.4. The lowest BCUT2D eigenvalue weighted by Crippen LogP contribution is -2.69. The maximum atomic E-state index is 13.7. The van der Waals surface area contributed by atoms with Crippen molar-refractivity contribution in [1.82, 2.24) is 4.90 Å². The molecule has 0 aliphatic carbocycles. The van der Waals surface area contributed by atoms with Crippen molar-refractivity contribution in [2.45, 2.75) is 44.6 Å². The van der Waals surface area contributed by atoms with E-state index in [-0.39, 0.29) is 25.2 Å². The van der Waals surface area contributed by atoms with Crippen LogP contribution >= 0.6 is 0 Å². The van der Waals surface area contributed by atoms with E-state index in [1.807, 2.05) is 78.9 Å². The van der Waals surface area contributed by atoms with Crippen LogP contribution in [-0.4, -0.2) is 61.1 Å². The predicted octanol–water partition coefficient (Wildman–Crippen LogP) is 4.98. The van der Waals surface area contributed by atoms with Crippen molar-refractivity contribution in [2.75, 3.05) is 20.8 Å². The van der Waals surface area contributed by atoms with Crippen molar-refractivity contribution in [3.8, 4) is 11.5 Å². The van der Waals surface area contributed by atoms with Crippen molar-refractivity contribution in [3.05, 3.63) is 108 Å². The first kappa shape index (κ1) is 29.7. The lowest BCUT2D eigenvalue weighted by molar-refractivity contribution is -0.167. The van der Waals surface area contributed by atoms with E-state index in [1.165, 1.54) is 0 Å². The number of benzene rings is 3. The summed E-state index contributed by atoms with van der Waals surface area (Å²) < 4.78 is 21.4. The Morgan fingerprint density at radius 3 is 1.90 bits per heavy atom. The van der Waals surface area contributed by atoms with Gasteiger partial charge in [0.15, 0.2) is 0 Å². The molecular formula is C33H37NO7. The molecule has 4 rings (SSSR count). The number of likely N-dealkylation sites (tertiary alicyclic amines) is 1. The number of nitrogens with zero attached hydrogens (tertiary/aromatic N) is 1. The molecule has 0 bridgehead atoms. The van der Waals surface area contributed by atoms with Crippen LogP contribution in [0.3, 0.4) is 0 Å². The van der Waals surface area contributed by atoms with E-state index < -0.39 is 24.2 Å². The number of hydrogen-bond donors (Lipinski definition) is 1. The molecule has 1 N–H and O–H groups in total. The van der Waals surface area contributed by atoms with Gasteiger partial charge in [-0.25, -0.2) is 4.79 Å². The standard InChI is InChI=1S/C33H37NO7/c1-22(20-35)31-30(23(2)41-33(37)40-21-26-8-6-5-7-9-26)32(36)34(31)27(18-24-10-14-28(38-3)15-11-24)19-25-12-16-29(39-4)17-13-25/h5-17,23,27,30-31,35H,1,18-21H2,2-4H3/t23-,30-,31-/m1/s1. The Hall–Kier alpha value is -4.30. The smallest absolute Gasteiger partial charge is 0.497 e. The van der Waals surface area contributed by atoms with Gasteiger partial charge in [0.25, 0.3) is 0 Å². The summed E-state index contributed by atoms with van der Waals surface area (Å²) in [5, 5.41) is 10.0. The molecule has 3 atom stereocenters. The zero-order valence-corrected chi connectivity index (χ0v) is 23.7. The minimum atomic E-state index is -0.853. The summed E-state index contributed by atoms with van der Waals surface area (Å²) in [6.07, 6.45) is -0.497. The van der Waals surface area contributed by atoms with Gasteiger partial charge in [0.2, 0.25) is 5.91 Å². The normalized spacial score (nSPS) is 17.0. The summed E-state index contributed by atoms with van der Waals surface area (Å²) in [7, 11) is 3.23. The number of amides is 1. The summed E-state index contributed by atoms with van der Waals surface area (Å²) in [6.45, 7) is 5.50. The molecule has 3 aromatic carbocycles. The summed E-state index contributed by atoms with van der Waals surface area (Å²) in [6, 6.07) is 24.0. The lowest BCUT2D eigenvalue weighted by atomic mass is 9.76. The number of rotatable bonds is 13. The minimum Gasteiger partial charge on any atom is -0.497 e. The van der Waals surface area contributed by atoms with Crippen LogP contribution in [-0.2, 0) is 33.7 Å². The van der Waals surface area contributed by atoms with Crippen LogP contribution < -0.4 is 9.47 Å². The number of methoxy groups -OCH3 is 2. The quantitative estimate of drug-likeness (QED) is 0.179. The van der Waals surface area contributed by atoms with Gasteiger partial charge < -0.3 is 29.0 Å². The second-order valence-electron chi connectivity index (χ2n) is 10.1. The Kier molecular flexibility index (Phi) is 10.0. The molecule has 1 heterocycles. The molecule has 8 heteroatoms. The summed E-state index contributed by atoms with van der Waals surface area (Å²) in [4.78, 5) is 28.0. The number of β-lactam (4-membered cyclic amide) rings is 1. The highest BCUT2D eigenvalue weighted by Gasteiger charge is 2.54. The van der Waals surface area contributed by atoms with E-state index in [9.17, 15) is 14.7 Å². The Morgan fingerprint density at radius 2 is 1.41 bits per heavy atom. The molecule has 1 fully saturated rings. The third kappa shape index (κ3) is 7.27. The zero-order valence-electron chi connectivity index (χ0n) is 23.7. The fraction of sp³-hybridized carbons (Fsp3) is 0.333. The van der Waals surface area contributed by atoms with Crippen LogP contribution in [0.4, 0.5) is 4.79 Å². The molecular weight excluding hydrogens is 522 g/mol. The number of ether oxygens (including phenoxy) is 4. The van der Waals surface area contributed by atoms with Crippen LogP contribution in [0.2, 0.25) is 0 Å². The Balaban J connectivity index is 1.52. The monoisotopic (exact) mass is 559 g/mol. The van der Waals surface area contributed by atoms with Crippen LogP contribution in [0.5, 0.6) is 11.5 Å². The highest BCUT2D eigenvalue weighted by atomic mass is 16.7. The van der Waals surface area contributed by atoms with Crippen molar-refractivity contribution < 1.29 is 33.6 Å². The maximum absolute atomic E-state index is 13.7. The summed E-state index contributed by atoms with van der Waals surface area (Å²) in [5.41, 5.74) is 3.37. The first-order valence-electron chi connectivity index (χ1n) is 13.6. The second-order valence-corrected chi connectivity index (χ2v) is 10.1. The molecule has 216 valence electrons. The van der Waals surface area contributed by atoms with Crippen LogP contribution in [0.15, 0.2) is 91.0 Å². The molecule has 0 radical (unpaired) electrons. The van der Waals surface area contributed by atoms with Gasteiger partial charge in [-0.1, -0.05) is 61.2 Å². The first-order chi connectivity index (χ1) is 19.8. The van der Waals surface area contributed by atoms with Crippen molar-refractivity contribution in [3.63, 3.8) is 0 Å². The van der Waals surface area contributed by atoms with E-state index in [2.05, 4.69) is 6.58 Å². The number of aliphatic hydroxyl groups excluding tert-OH is 1. The number of carbonyl (C=O) groups excluding carboxylic acids is 2. The van der Waals surface area contributed by atoms with Gasteiger partial charge in [0, 0.05) is 6.04 Å². The molecule has 41 heavy (non-hydrogen) atoms. The minimum absolute atomic E-state index is 0.0652. The van der Waals surface area contributed by atoms with E-state index in [0.29, 0.717) is 18.4 Å². The fourth-order valence-electron chi connectivity index (χ4n) is 5.26. The average Bonchev–Trinajstić information content (AvgIpc) is 2.99. The molecule has 1 amide bonds. The van der Waals surface area contributed by atoms with Crippen LogP contribution in [0, 0.1) is 5.92 Å². The molecule has 8 nitrogen and oxygen atoms in total. The molecule has 3 aromatic rings. The summed E-state index contributed by atoms with van der Waals surface area (Å²) in [5.74, 6) is 0.641. The molecule has 1 aliphatic rings. The SMILES string of the molecule is C=C(CO)[C@@H]1[C@@H]([C@@H](C)OC(=O)OCc2ccccc2)C(=O)N1C(Cc1ccc(OC)cc1)Cc1ccc(OC)cc1. The van der Waals surface area contributed by atoms with Crippen molar-refractivity contribution in [1.29, 1.82) is 0 Å². The molecule has 0 unspecified atom stereocenters. The first-order valence-corrected chi connectivity index (χ1v) is 13.6. The highest BCUT2D eigenvalue weighted by Crippen LogP contribution is 2.38. The Labute approximate surface area is 241 Å². The molecule has 1 aliphatic heterocycles. The van der Waals surface area contributed by atoms with Gasteiger partial charge in [-0.2, -0.15) is 0 Å². The topological polar surface area (TPSA) is 94.5 Å². The van der Waals surface area contributed by atoms with Gasteiger partial charge in [-0.3, -0.25) is 4.79 Å².